The molecular formula is C21H38IN5O2S. The lowest BCUT2D eigenvalue weighted by Gasteiger charge is -2.34. The fraction of sp³-hybridized carbons (Fsp3) is 0.762. The lowest BCUT2D eigenvalue weighted by atomic mass is 10.2. The Bertz CT molecular complexity index is 633. The topological polar surface area (TPSA) is 61.4 Å². The second-order valence-electron chi connectivity index (χ2n) is 7.71. The molecule has 30 heavy (non-hydrogen) atoms. The van der Waals surface area contributed by atoms with Gasteiger partial charge in [0.1, 0.15) is 0 Å². The summed E-state index contributed by atoms with van der Waals surface area (Å²) in [5, 5.41) is 7.02. The van der Waals surface area contributed by atoms with Gasteiger partial charge in [0.05, 0.1) is 39.0 Å². The Labute approximate surface area is 202 Å². The molecule has 2 atom stereocenters. The fourth-order valence-corrected chi connectivity index (χ4v) is 4.84. The first-order chi connectivity index (χ1) is 14.2. The molecule has 172 valence electrons. The molecule has 0 radical (unpaired) electrons. The molecule has 0 amide bonds. The van der Waals surface area contributed by atoms with E-state index >= 15 is 0 Å². The van der Waals surface area contributed by atoms with E-state index in [1.807, 2.05) is 11.3 Å². The molecule has 2 unspecified atom stereocenters. The van der Waals surface area contributed by atoms with E-state index in [-0.39, 0.29) is 24.0 Å². The normalized spacial score (nSPS) is 21.0. The van der Waals surface area contributed by atoms with Crippen LogP contribution in [0.2, 0.25) is 0 Å². The maximum Gasteiger partial charge on any atom is 0.191 e. The maximum absolute atomic E-state index is 5.57. The monoisotopic (exact) mass is 551 g/mol. The molecule has 0 bridgehead atoms. The van der Waals surface area contributed by atoms with Crippen molar-refractivity contribution in [2.45, 2.75) is 32.9 Å². The fourth-order valence-electron chi connectivity index (χ4n) is 3.82. The van der Waals surface area contributed by atoms with Crippen molar-refractivity contribution in [3.05, 3.63) is 21.9 Å². The molecule has 2 N–H and O–H groups in total. The summed E-state index contributed by atoms with van der Waals surface area (Å²) in [6, 6.07) is 5.26. The largest absolute Gasteiger partial charge is 0.379 e. The van der Waals surface area contributed by atoms with E-state index in [0.717, 1.165) is 78.2 Å². The van der Waals surface area contributed by atoms with Crippen LogP contribution in [0.15, 0.2) is 17.1 Å². The van der Waals surface area contributed by atoms with Gasteiger partial charge in [-0.1, -0.05) is 0 Å². The van der Waals surface area contributed by atoms with E-state index < -0.39 is 0 Å². The second kappa shape index (κ2) is 13.8. The van der Waals surface area contributed by atoms with Crippen molar-refractivity contribution in [1.82, 2.24) is 20.4 Å². The molecule has 2 aliphatic rings. The molecule has 0 aliphatic carbocycles. The minimum Gasteiger partial charge on any atom is -0.379 e. The van der Waals surface area contributed by atoms with Crippen LogP contribution >= 0.6 is 35.3 Å². The molecule has 1 aromatic rings. The Balaban J connectivity index is 0.00000320. The number of aryl methyl sites for hydroxylation is 1. The summed E-state index contributed by atoms with van der Waals surface area (Å²) < 4.78 is 11.0. The van der Waals surface area contributed by atoms with Crippen LogP contribution in [0.1, 0.15) is 29.6 Å². The van der Waals surface area contributed by atoms with E-state index in [0.29, 0.717) is 12.1 Å². The highest BCUT2D eigenvalue weighted by molar-refractivity contribution is 14.0. The Hall–Kier alpha value is -0.460. The third kappa shape index (κ3) is 7.90. The van der Waals surface area contributed by atoms with Gasteiger partial charge in [0.2, 0.25) is 0 Å². The number of morpholine rings is 2. The average molecular weight is 552 g/mol. The van der Waals surface area contributed by atoms with E-state index in [2.05, 4.69) is 53.3 Å². The summed E-state index contributed by atoms with van der Waals surface area (Å²) in [5.74, 6) is 0.902. The van der Waals surface area contributed by atoms with Crippen LogP contribution < -0.4 is 10.6 Å². The number of halogens is 1. The zero-order chi connectivity index (χ0) is 20.5. The summed E-state index contributed by atoms with van der Waals surface area (Å²) in [6.45, 7) is 16.3. The molecule has 0 aromatic carbocycles. The van der Waals surface area contributed by atoms with Gasteiger partial charge >= 0.3 is 0 Å². The Morgan fingerprint density at radius 3 is 2.27 bits per heavy atom. The second-order valence-corrected chi connectivity index (χ2v) is 9.03. The van der Waals surface area contributed by atoms with Crippen LogP contribution in [0.5, 0.6) is 0 Å². The minimum atomic E-state index is 0. The highest BCUT2D eigenvalue weighted by Crippen LogP contribution is 2.27. The van der Waals surface area contributed by atoms with Crippen molar-refractivity contribution in [3.63, 3.8) is 0 Å². The first-order valence-corrected chi connectivity index (χ1v) is 11.7. The number of nitrogens with zero attached hydrogens (tertiary/aromatic N) is 3. The molecule has 0 saturated carbocycles. The zero-order valence-corrected chi connectivity index (χ0v) is 21.7. The molecule has 2 fully saturated rings. The van der Waals surface area contributed by atoms with E-state index in [4.69, 9.17) is 14.5 Å². The van der Waals surface area contributed by atoms with Gasteiger partial charge in [0, 0.05) is 55.1 Å². The third-order valence-electron chi connectivity index (χ3n) is 5.57. The minimum absolute atomic E-state index is 0. The molecule has 2 saturated heterocycles. The quantitative estimate of drug-likeness (QED) is 0.294. The number of nitrogens with one attached hydrogen (secondary N) is 2. The summed E-state index contributed by atoms with van der Waals surface area (Å²) in [4.78, 5) is 12.6. The smallest absolute Gasteiger partial charge is 0.191 e. The van der Waals surface area contributed by atoms with E-state index in [1.165, 1.54) is 9.75 Å². The van der Waals surface area contributed by atoms with Crippen molar-refractivity contribution in [2.24, 2.45) is 4.99 Å². The average Bonchev–Trinajstić information content (AvgIpc) is 3.19. The number of rotatable bonds is 8. The van der Waals surface area contributed by atoms with Crippen molar-refractivity contribution in [2.75, 3.05) is 72.2 Å². The molecule has 3 rings (SSSR count). The van der Waals surface area contributed by atoms with Crippen LogP contribution in [0.3, 0.4) is 0 Å². The van der Waals surface area contributed by atoms with Gasteiger partial charge in [-0.3, -0.25) is 14.8 Å². The zero-order valence-electron chi connectivity index (χ0n) is 18.6. The van der Waals surface area contributed by atoms with Gasteiger partial charge in [-0.05, 0) is 32.9 Å². The molecular weight excluding hydrogens is 513 g/mol. The number of aliphatic imine (C=N–C) groups is 1. The Kier molecular flexibility index (Phi) is 11.9. The lowest BCUT2D eigenvalue weighted by molar-refractivity contribution is 0.0176. The molecule has 0 spiro atoms. The van der Waals surface area contributed by atoms with Gasteiger partial charge in [-0.15, -0.1) is 35.3 Å². The first kappa shape index (κ1) is 25.8. The Morgan fingerprint density at radius 1 is 1.07 bits per heavy atom. The van der Waals surface area contributed by atoms with Crippen LogP contribution in [0.4, 0.5) is 0 Å². The number of guanidine groups is 1. The van der Waals surface area contributed by atoms with Gasteiger partial charge < -0.3 is 20.1 Å². The molecule has 9 heteroatoms. The van der Waals surface area contributed by atoms with Crippen LogP contribution in [-0.4, -0.2) is 94.0 Å². The SMILES string of the molecule is CCNC(=NCC(C)N1CCOCC1)NCC(c1ccc(C)s1)N1CCOCC1.I. The standard InChI is InChI=1S/C21H37N5O2S.HI/c1-4-22-21(23-15-17(2)25-7-11-27-12-8-25)24-16-19(20-6-5-18(3)29-20)26-9-13-28-14-10-26;/h5-6,17,19H,4,7-16H2,1-3H3,(H2,22,23,24);1H. The van der Waals surface area contributed by atoms with Crippen LogP contribution in [0, 0.1) is 6.92 Å². The van der Waals surface area contributed by atoms with E-state index in [9.17, 15) is 0 Å². The van der Waals surface area contributed by atoms with Gasteiger partial charge in [0.25, 0.3) is 0 Å². The predicted octanol–water partition coefficient (Wildman–Crippen LogP) is 2.32. The molecule has 2 aliphatic heterocycles. The van der Waals surface area contributed by atoms with Gasteiger partial charge in [-0.2, -0.15) is 0 Å². The highest BCUT2D eigenvalue weighted by atomic mass is 127. The summed E-state index contributed by atoms with van der Waals surface area (Å²) in [7, 11) is 0. The number of thiophene rings is 1. The number of hydrogen-bond donors (Lipinski definition) is 2. The van der Waals surface area contributed by atoms with Crippen LogP contribution in [-0.2, 0) is 9.47 Å². The van der Waals surface area contributed by atoms with Crippen molar-refractivity contribution in [1.29, 1.82) is 0 Å². The van der Waals surface area contributed by atoms with Gasteiger partial charge in [0.15, 0.2) is 5.96 Å². The first-order valence-electron chi connectivity index (χ1n) is 10.9. The van der Waals surface area contributed by atoms with Crippen molar-refractivity contribution >= 4 is 41.3 Å². The summed E-state index contributed by atoms with van der Waals surface area (Å²) in [6.07, 6.45) is 0. The summed E-state index contributed by atoms with van der Waals surface area (Å²) >= 11 is 1.89. The van der Waals surface area contributed by atoms with Crippen LogP contribution in [0.25, 0.3) is 0 Å². The van der Waals surface area contributed by atoms with Crippen molar-refractivity contribution < 1.29 is 9.47 Å². The van der Waals surface area contributed by atoms with E-state index in [1.54, 1.807) is 0 Å². The molecule has 1 aromatic heterocycles. The van der Waals surface area contributed by atoms with Crippen molar-refractivity contribution in [3.8, 4) is 0 Å². The maximum atomic E-state index is 5.57. The molecule has 3 heterocycles. The summed E-state index contributed by atoms with van der Waals surface area (Å²) in [5.41, 5.74) is 0. The van der Waals surface area contributed by atoms with Gasteiger partial charge in [-0.25, -0.2) is 0 Å². The number of hydrogen-bond acceptors (Lipinski definition) is 6. The third-order valence-corrected chi connectivity index (χ3v) is 6.67. The highest BCUT2D eigenvalue weighted by Gasteiger charge is 2.24. The number of ether oxygens (including phenoxy) is 2. The predicted molar refractivity (Wildman–Crippen MR) is 135 cm³/mol. The molecule has 7 nitrogen and oxygen atoms in total. The Morgan fingerprint density at radius 2 is 1.70 bits per heavy atom. The lowest BCUT2D eigenvalue weighted by Crippen LogP contribution is -2.47.